The largest absolute Gasteiger partial charge is 2.00 e. The molecule has 0 atom stereocenters. The van der Waals surface area contributed by atoms with E-state index >= 15 is 0 Å². The van der Waals surface area contributed by atoms with E-state index in [9.17, 15) is 9.90 Å². The summed E-state index contributed by atoms with van der Waals surface area (Å²) in [5.74, 6) is -0.375. The minimum atomic E-state index is -1.75. The molecule has 0 unspecified atom stereocenters. The van der Waals surface area contributed by atoms with Crippen molar-refractivity contribution >= 4 is 5.78 Å². The summed E-state index contributed by atoms with van der Waals surface area (Å²) in [5.41, 5.74) is 0. The van der Waals surface area contributed by atoms with Crippen molar-refractivity contribution in [1.82, 2.24) is 0 Å². The minimum absolute atomic E-state index is 0. The molecular weight excluding hydrogens is 356 g/mol. The molecule has 0 fully saturated rings. The zero-order valence-corrected chi connectivity index (χ0v) is 10.2. The van der Waals surface area contributed by atoms with Crippen molar-refractivity contribution < 1.29 is 53.9 Å². The summed E-state index contributed by atoms with van der Waals surface area (Å²) in [5, 5.41) is 24.7. The van der Waals surface area contributed by atoms with Gasteiger partial charge in [0.2, 0.25) is 0 Å². The monoisotopic (exact) mass is 365 g/mol. The molecule has 6 nitrogen and oxygen atoms in total. The number of hydrogen-bond acceptors (Lipinski definition) is 5. The predicted octanol–water partition coefficient (Wildman–Crippen LogP) is -0.405. The fourth-order valence-corrected chi connectivity index (χ4v) is 0.286. The van der Waals surface area contributed by atoms with Crippen molar-refractivity contribution in [2.24, 2.45) is 0 Å². The standard InChI is InChI=1S/C5H8O2.NO3.2Ru/c1-4(6)3-5(2)7;2-1(3)4;;/h3,6H,1-2H3;;;/q;-1;2*+2/p-1/b4-3-;;;. The first-order chi connectivity index (χ1) is 4.86. The molecule has 0 spiro atoms. The van der Waals surface area contributed by atoms with Crippen LogP contribution in [0.1, 0.15) is 13.8 Å². The molecule has 8 heteroatoms. The second kappa shape index (κ2) is 14.2. The molecule has 0 saturated heterocycles. The predicted molar refractivity (Wildman–Crippen MR) is 34.8 cm³/mol. The quantitative estimate of drug-likeness (QED) is 0.207. The number of nitrogens with zero attached hydrogens (tertiary/aromatic N) is 1. The number of carbonyl (C=O) groups excluding carboxylic acids is 1. The zero-order chi connectivity index (χ0) is 9.44. The van der Waals surface area contributed by atoms with Crippen LogP contribution in [0.5, 0.6) is 0 Å². The van der Waals surface area contributed by atoms with Crippen LogP contribution in [0.15, 0.2) is 11.8 Å². The Labute approximate surface area is 101 Å². The van der Waals surface area contributed by atoms with Crippen molar-refractivity contribution in [3.05, 3.63) is 27.2 Å². The van der Waals surface area contributed by atoms with E-state index in [0.717, 1.165) is 6.08 Å². The molecule has 13 heavy (non-hydrogen) atoms. The second-order valence-electron chi connectivity index (χ2n) is 1.59. The summed E-state index contributed by atoms with van der Waals surface area (Å²) in [4.78, 5) is 18.2. The van der Waals surface area contributed by atoms with Gasteiger partial charge >= 0.3 is 39.0 Å². The van der Waals surface area contributed by atoms with Gasteiger partial charge in [0.25, 0.3) is 0 Å². The molecule has 0 saturated carbocycles. The van der Waals surface area contributed by atoms with Gasteiger partial charge in [-0.05, 0) is 13.0 Å². The number of rotatable bonds is 1. The van der Waals surface area contributed by atoms with Crippen molar-refractivity contribution in [2.75, 3.05) is 0 Å². The van der Waals surface area contributed by atoms with Crippen molar-refractivity contribution in [2.45, 2.75) is 13.8 Å². The Balaban J connectivity index is -0.0000000600. The molecule has 0 aromatic carbocycles. The first-order valence-corrected chi connectivity index (χ1v) is 2.53. The van der Waals surface area contributed by atoms with E-state index in [-0.39, 0.29) is 50.5 Å². The SMILES string of the molecule is CC(=O)/C=C(/C)[O-].O=[N+]([O-])[O-].[Ru+2].[Ru+2]. The maximum atomic E-state index is 9.98. The third-order valence-electron chi connectivity index (χ3n) is 0.407. The summed E-state index contributed by atoms with van der Waals surface area (Å²) < 4.78 is 0. The molecule has 0 amide bonds. The maximum Gasteiger partial charge on any atom is 2.00 e. The van der Waals surface area contributed by atoms with Gasteiger partial charge in [0.05, 0.1) is 5.09 Å². The summed E-state index contributed by atoms with van der Waals surface area (Å²) in [6.07, 6.45) is 1.06. The summed E-state index contributed by atoms with van der Waals surface area (Å²) in [6, 6.07) is 0. The maximum absolute atomic E-state index is 9.98. The van der Waals surface area contributed by atoms with E-state index < -0.39 is 5.09 Å². The number of allylic oxidation sites excluding steroid dienone is 2. The molecule has 0 aliphatic carbocycles. The fourth-order valence-electron chi connectivity index (χ4n) is 0.286. The molecule has 0 aromatic rings. The van der Waals surface area contributed by atoms with Crippen LogP contribution in [0.3, 0.4) is 0 Å². The normalized spacial score (nSPS) is 8.00. The van der Waals surface area contributed by atoms with E-state index in [1.165, 1.54) is 13.8 Å². The number of carbonyl (C=O) groups is 1. The minimum Gasteiger partial charge on any atom is -0.876 e. The van der Waals surface area contributed by atoms with Crippen LogP contribution in [0.25, 0.3) is 0 Å². The first kappa shape index (κ1) is 22.9. The molecule has 0 radical (unpaired) electrons. The number of ketones is 1. The van der Waals surface area contributed by atoms with Gasteiger partial charge < -0.3 is 20.4 Å². The zero-order valence-electron chi connectivity index (χ0n) is 6.77. The van der Waals surface area contributed by atoms with Gasteiger partial charge in [-0.1, -0.05) is 6.92 Å². The molecule has 0 rings (SSSR count). The molecule has 76 valence electrons. The Morgan fingerprint density at radius 1 is 1.23 bits per heavy atom. The van der Waals surface area contributed by atoms with Crippen LogP contribution >= 0.6 is 0 Å². The van der Waals surface area contributed by atoms with E-state index in [1.807, 2.05) is 0 Å². The van der Waals surface area contributed by atoms with Crippen LogP contribution in [0.4, 0.5) is 0 Å². The fraction of sp³-hybridized carbons (Fsp3) is 0.400. The summed E-state index contributed by atoms with van der Waals surface area (Å²) in [7, 11) is 0. The molecule has 0 aliphatic heterocycles. The third-order valence-corrected chi connectivity index (χ3v) is 0.407. The Hall–Kier alpha value is -0.343. The molecule has 0 aliphatic rings. The van der Waals surface area contributed by atoms with Crippen LogP contribution in [0, 0.1) is 15.3 Å². The van der Waals surface area contributed by atoms with Gasteiger partial charge in [-0.25, -0.2) is 0 Å². The van der Waals surface area contributed by atoms with Gasteiger partial charge in [-0.15, -0.1) is 5.76 Å². The Bertz CT molecular complexity index is 174. The van der Waals surface area contributed by atoms with Crippen molar-refractivity contribution in [1.29, 1.82) is 0 Å². The van der Waals surface area contributed by atoms with Crippen molar-refractivity contribution in [3.8, 4) is 0 Å². The number of hydrogen-bond donors (Lipinski definition) is 0. The topological polar surface area (TPSA) is 106 Å². The van der Waals surface area contributed by atoms with Crippen molar-refractivity contribution in [3.63, 3.8) is 0 Å². The van der Waals surface area contributed by atoms with Gasteiger partial charge in [0.1, 0.15) is 0 Å². The van der Waals surface area contributed by atoms with Gasteiger partial charge in [0, 0.05) is 0 Å². The molecular formula is C5H7NO5Ru2+2. The second-order valence-corrected chi connectivity index (χ2v) is 1.59. The van der Waals surface area contributed by atoms with E-state index in [0.29, 0.717) is 0 Å². The van der Waals surface area contributed by atoms with E-state index in [1.54, 1.807) is 0 Å². The smallest absolute Gasteiger partial charge is 0.876 e. The average molecular weight is 363 g/mol. The van der Waals surface area contributed by atoms with Crippen LogP contribution < -0.4 is 5.11 Å². The summed E-state index contributed by atoms with van der Waals surface area (Å²) >= 11 is 0. The molecule has 0 N–H and O–H groups in total. The Morgan fingerprint density at radius 3 is 1.46 bits per heavy atom. The first-order valence-electron chi connectivity index (χ1n) is 2.53. The van der Waals surface area contributed by atoms with Gasteiger partial charge in [0.15, 0.2) is 5.78 Å². The Kier molecular flexibility index (Phi) is 25.1. The Morgan fingerprint density at radius 2 is 1.46 bits per heavy atom. The van der Waals surface area contributed by atoms with Crippen LogP contribution in [0.2, 0.25) is 0 Å². The average Bonchev–Trinajstić information content (AvgIpc) is 1.56. The van der Waals surface area contributed by atoms with E-state index in [2.05, 4.69) is 0 Å². The van der Waals surface area contributed by atoms with Gasteiger partial charge in [-0.3, -0.25) is 4.79 Å². The van der Waals surface area contributed by atoms with Crippen LogP contribution in [-0.2, 0) is 43.8 Å². The van der Waals surface area contributed by atoms with Gasteiger partial charge in [-0.2, -0.15) is 0 Å². The molecule has 0 bridgehead atoms. The summed E-state index contributed by atoms with van der Waals surface area (Å²) in [6.45, 7) is 2.70. The third kappa shape index (κ3) is 81.3. The molecule has 0 aromatic heterocycles. The van der Waals surface area contributed by atoms with E-state index in [4.69, 9.17) is 15.3 Å². The van der Waals surface area contributed by atoms with Crippen LogP contribution in [-0.4, -0.2) is 10.9 Å². The molecule has 0 heterocycles.